The van der Waals surface area contributed by atoms with Crippen molar-refractivity contribution in [1.29, 1.82) is 0 Å². The van der Waals surface area contributed by atoms with Crippen LogP contribution in [0.3, 0.4) is 0 Å². The van der Waals surface area contributed by atoms with Crippen molar-refractivity contribution in [3.8, 4) is 22.6 Å². The van der Waals surface area contributed by atoms with Crippen molar-refractivity contribution in [2.24, 2.45) is 0 Å². The van der Waals surface area contributed by atoms with E-state index in [1.165, 1.54) is 27.5 Å². The molecule has 4 nitrogen and oxygen atoms in total. The van der Waals surface area contributed by atoms with Crippen molar-refractivity contribution in [1.82, 2.24) is 0 Å². The maximum Gasteiger partial charge on any atom is 0.243 e. The fourth-order valence-electron chi connectivity index (χ4n) is 4.11. The van der Waals surface area contributed by atoms with Crippen molar-refractivity contribution in [3.63, 3.8) is 0 Å². The average molecular weight is 384 g/mol. The lowest BCUT2D eigenvalue weighted by Crippen LogP contribution is -2.48. The van der Waals surface area contributed by atoms with E-state index in [0.29, 0.717) is 13.2 Å². The van der Waals surface area contributed by atoms with E-state index in [2.05, 4.69) is 66.7 Å². The first kappa shape index (κ1) is 17.1. The van der Waals surface area contributed by atoms with Crippen LogP contribution >= 0.6 is 0 Å². The van der Waals surface area contributed by atoms with E-state index in [1.807, 2.05) is 0 Å². The molecule has 3 aromatic carbocycles. The molecule has 144 valence electrons. The van der Waals surface area contributed by atoms with Crippen molar-refractivity contribution < 1.29 is 18.9 Å². The monoisotopic (exact) mass is 384 g/mol. The predicted octanol–water partition coefficient (Wildman–Crippen LogP) is 1.74. The normalized spacial score (nSPS) is 20.8. The van der Waals surface area contributed by atoms with Crippen LogP contribution in [-0.2, 0) is 9.47 Å². The smallest absolute Gasteiger partial charge is 0.243 e. The largest absolute Gasteiger partial charge is 0.491 e. The Kier molecular flexibility index (Phi) is 4.10. The number of epoxide rings is 2. The highest BCUT2D eigenvalue weighted by Crippen LogP contribution is 2.28. The van der Waals surface area contributed by atoms with Gasteiger partial charge in [0.15, 0.2) is 0 Å². The molecule has 0 spiro atoms. The molecule has 0 N–H and O–H groups in total. The summed E-state index contributed by atoms with van der Waals surface area (Å²) < 4.78 is 22.5. The average Bonchev–Trinajstić information content (AvgIpc) is 3.68. The number of benzene rings is 3. The topological polar surface area (TPSA) is 43.5 Å². The number of fused-ring (bicyclic) bond motifs is 3. The van der Waals surface area contributed by atoms with Crippen LogP contribution in [0, 0.1) is 0 Å². The molecule has 0 aliphatic carbocycles. The molecule has 2 saturated heterocycles. The summed E-state index contributed by atoms with van der Waals surface area (Å²) in [4.78, 5) is 0. The minimum Gasteiger partial charge on any atom is -0.491 e. The van der Waals surface area contributed by atoms with Crippen molar-refractivity contribution in [2.75, 3.05) is 26.4 Å². The van der Waals surface area contributed by atoms with Gasteiger partial charge < -0.3 is 18.9 Å². The van der Waals surface area contributed by atoms with Crippen LogP contribution < -0.4 is 25.9 Å². The molecule has 2 fully saturated rings. The summed E-state index contributed by atoms with van der Waals surface area (Å²) in [6.45, 7) is 3.00. The first-order valence-electron chi connectivity index (χ1n) is 10.2. The Morgan fingerprint density at radius 1 is 0.724 bits per heavy atom. The molecule has 5 heteroatoms. The first-order chi connectivity index (χ1) is 14.3. The second-order valence-corrected chi connectivity index (χ2v) is 7.87. The van der Waals surface area contributed by atoms with Gasteiger partial charge in [0.05, 0.1) is 13.2 Å². The molecule has 3 aliphatic heterocycles. The molecule has 0 aromatic heterocycles. The van der Waals surface area contributed by atoms with E-state index in [0.717, 1.165) is 24.7 Å². The summed E-state index contributed by atoms with van der Waals surface area (Å²) in [6.07, 6.45) is 0.501. The zero-order valence-corrected chi connectivity index (χ0v) is 16.0. The minimum absolute atomic E-state index is 0.169. The van der Waals surface area contributed by atoms with E-state index in [1.54, 1.807) is 0 Å². The molecular weight excluding hydrogens is 363 g/mol. The summed E-state index contributed by atoms with van der Waals surface area (Å²) in [5.41, 5.74) is 6.37. The highest BCUT2D eigenvalue weighted by atomic mass is 16.6. The van der Waals surface area contributed by atoms with Crippen LogP contribution in [0.25, 0.3) is 11.1 Å². The fraction of sp³-hybridized carbons (Fsp3) is 0.250. The van der Waals surface area contributed by atoms with E-state index in [4.69, 9.17) is 18.9 Å². The van der Waals surface area contributed by atoms with Gasteiger partial charge in [-0.3, -0.25) is 0 Å². The maximum atomic E-state index is 5.97. The quantitative estimate of drug-likeness (QED) is 0.360. The van der Waals surface area contributed by atoms with E-state index in [9.17, 15) is 0 Å². The van der Waals surface area contributed by atoms with Gasteiger partial charge in [0.25, 0.3) is 0 Å². The Hall–Kier alpha value is -2.76. The van der Waals surface area contributed by atoms with Gasteiger partial charge >= 0.3 is 0 Å². The van der Waals surface area contributed by atoms with Crippen LogP contribution in [0.1, 0.15) is 0 Å². The second-order valence-electron chi connectivity index (χ2n) is 7.87. The molecule has 29 heavy (non-hydrogen) atoms. The zero-order chi connectivity index (χ0) is 19.2. The predicted molar refractivity (Wildman–Crippen MR) is 113 cm³/mol. The van der Waals surface area contributed by atoms with Gasteiger partial charge in [0.1, 0.15) is 36.9 Å². The number of rotatable bonds is 7. The summed E-state index contributed by atoms with van der Waals surface area (Å²) in [5, 5.41) is 0. The van der Waals surface area contributed by atoms with Gasteiger partial charge in [-0.25, -0.2) is 0 Å². The van der Waals surface area contributed by atoms with E-state index >= 15 is 0 Å². The summed E-state index contributed by atoms with van der Waals surface area (Å²) in [5.74, 6) is 1.80. The Balaban J connectivity index is 1.39. The lowest BCUT2D eigenvalue weighted by atomic mass is 9.39. The summed E-state index contributed by atoms with van der Waals surface area (Å²) in [7, 11) is 0. The van der Waals surface area contributed by atoms with Gasteiger partial charge in [-0.1, -0.05) is 58.9 Å². The third-order valence-corrected chi connectivity index (χ3v) is 5.77. The molecule has 3 aromatic rings. The van der Waals surface area contributed by atoms with Gasteiger partial charge in [0, 0.05) is 0 Å². The third kappa shape index (κ3) is 3.41. The van der Waals surface area contributed by atoms with E-state index in [-0.39, 0.29) is 18.9 Å². The van der Waals surface area contributed by atoms with Crippen LogP contribution in [0.2, 0.25) is 0 Å². The lowest BCUT2D eigenvalue weighted by Gasteiger charge is -2.13. The van der Waals surface area contributed by atoms with Gasteiger partial charge in [-0.15, -0.1) is 0 Å². The second kappa shape index (κ2) is 6.94. The Labute approximate surface area is 170 Å². The molecule has 0 amide bonds. The van der Waals surface area contributed by atoms with Gasteiger partial charge in [-0.05, 0) is 35.4 Å². The molecular formula is C24H21BO4. The summed E-state index contributed by atoms with van der Waals surface area (Å²) >= 11 is 0. The van der Waals surface area contributed by atoms with Gasteiger partial charge in [-0.2, -0.15) is 0 Å². The summed E-state index contributed by atoms with van der Waals surface area (Å²) in [6, 6.07) is 23.5. The highest BCUT2D eigenvalue weighted by molar-refractivity contribution is 6.99. The molecule has 2 unspecified atom stereocenters. The zero-order valence-electron chi connectivity index (χ0n) is 16.0. The molecule has 3 aliphatic rings. The Bertz CT molecular complexity index is 979. The SMILES string of the molecule is c1ccc(B2c3cc(OCC4CO4)ccc3-c3ccc(OCC4CO4)cc32)cc1. The Morgan fingerprint density at radius 2 is 1.24 bits per heavy atom. The van der Waals surface area contributed by atoms with Crippen LogP contribution in [0.5, 0.6) is 11.5 Å². The van der Waals surface area contributed by atoms with Crippen LogP contribution in [0.15, 0.2) is 66.7 Å². The van der Waals surface area contributed by atoms with Gasteiger partial charge in [0.2, 0.25) is 6.71 Å². The lowest BCUT2D eigenvalue weighted by molar-refractivity contribution is 0.263. The Morgan fingerprint density at radius 3 is 1.72 bits per heavy atom. The number of hydrogen-bond acceptors (Lipinski definition) is 4. The highest BCUT2D eigenvalue weighted by Gasteiger charge is 2.34. The number of ether oxygens (including phenoxy) is 4. The third-order valence-electron chi connectivity index (χ3n) is 5.77. The maximum absolute atomic E-state index is 5.97. The minimum atomic E-state index is 0.169. The molecule has 3 heterocycles. The standard InChI is InChI=1S/C24H21BO4/c1-2-4-16(5-3-1)25-23-10-17(26-12-19-14-28-19)6-8-21(23)22-9-7-18(11-24(22)25)27-13-20-15-29-20/h1-11,19-20H,12-15H2. The van der Waals surface area contributed by atoms with Crippen LogP contribution in [0.4, 0.5) is 0 Å². The molecule has 2 atom stereocenters. The van der Waals surface area contributed by atoms with Crippen LogP contribution in [-0.4, -0.2) is 45.3 Å². The number of hydrogen-bond donors (Lipinski definition) is 0. The molecule has 0 saturated carbocycles. The molecule has 6 rings (SSSR count). The fourth-order valence-corrected chi connectivity index (χ4v) is 4.11. The molecule has 0 bridgehead atoms. The van der Waals surface area contributed by atoms with E-state index < -0.39 is 0 Å². The van der Waals surface area contributed by atoms with Crippen molar-refractivity contribution in [2.45, 2.75) is 12.2 Å². The van der Waals surface area contributed by atoms with Crippen molar-refractivity contribution >= 4 is 23.1 Å². The van der Waals surface area contributed by atoms with Crippen molar-refractivity contribution in [3.05, 3.63) is 66.7 Å². The first-order valence-corrected chi connectivity index (χ1v) is 10.2. The molecule has 0 radical (unpaired) electrons.